The zero-order valence-electron chi connectivity index (χ0n) is 16.3. The van der Waals surface area contributed by atoms with Gasteiger partial charge in [-0.3, -0.25) is 15.0 Å². The lowest BCUT2D eigenvalue weighted by molar-refractivity contribution is -0.161. The second-order valence-electron chi connectivity index (χ2n) is 6.29. The van der Waals surface area contributed by atoms with E-state index in [9.17, 15) is 14.4 Å². The van der Waals surface area contributed by atoms with Gasteiger partial charge in [-0.05, 0) is 42.3 Å². The first kappa shape index (κ1) is 22.8. The number of esters is 1. The van der Waals surface area contributed by atoms with Crippen LogP contribution < -0.4 is 10.1 Å². The Kier molecular flexibility index (Phi) is 8.15. The molecular formula is C19H23N3O5S2. The van der Waals surface area contributed by atoms with Gasteiger partial charge in [0, 0.05) is 0 Å². The van der Waals surface area contributed by atoms with Crippen molar-refractivity contribution in [2.24, 2.45) is 0 Å². The van der Waals surface area contributed by atoms with Crippen molar-refractivity contribution in [2.75, 3.05) is 13.7 Å². The molecule has 156 valence electrons. The lowest BCUT2D eigenvalue weighted by atomic mass is 9.99. The molecule has 1 aliphatic heterocycles. The normalized spacial score (nSPS) is 19.0. The number of para-hydroxylation sites is 1. The molecule has 1 aromatic carbocycles. The van der Waals surface area contributed by atoms with Crippen LogP contribution in [0.5, 0.6) is 5.75 Å². The minimum atomic E-state index is -0.953. The summed E-state index contributed by atoms with van der Waals surface area (Å²) in [6.45, 7) is 6.77. The number of ether oxygens (including phenoxy) is 2. The van der Waals surface area contributed by atoms with E-state index in [1.54, 1.807) is 38.1 Å². The van der Waals surface area contributed by atoms with E-state index in [0.717, 1.165) is 10.8 Å². The van der Waals surface area contributed by atoms with E-state index in [0.29, 0.717) is 16.4 Å². The van der Waals surface area contributed by atoms with Crippen molar-refractivity contribution in [2.45, 2.75) is 31.3 Å². The fourth-order valence-corrected chi connectivity index (χ4v) is 4.86. The van der Waals surface area contributed by atoms with Crippen LogP contribution in [0.1, 0.15) is 13.8 Å². The number of hydrogen-bond donors (Lipinski definition) is 2. The number of methoxy groups -OCH3 is 1. The van der Waals surface area contributed by atoms with Gasteiger partial charge in [0.1, 0.15) is 17.2 Å². The number of rotatable bonds is 9. The number of carbonyl (C=O) groups is 3. The molecule has 1 heterocycles. The van der Waals surface area contributed by atoms with E-state index >= 15 is 0 Å². The number of nitrogens with zero attached hydrogens (tertiary/aromatic N) is 1. The Balaban J connectivity index is 2.08. The maximum Gasteiger partial charge on any atom is 0.332 e. The third-order valence-corrected chi connectivity index (χ3v) is 6.62. The molecule has 3 atom stereocenters. The fraction of sp³-hybridized carbons (Fsp3) is 0.368. The van der Waals surface area contributed by atoms with Crippen molar-refractivity contribution < 1.29 is 23.9 Å². The van der Waals surface area contributed by atoms with Crippen LogP contribution in [0, 0.1) is 5.41 Å². The Morgan fingerprint density at radius 2 is 1.97 bits per heavy atom. The Morgan fingerprint density at radius 3 is 2.52 bits per heavy atom. The third kappa shape index (κ3) is 5.77. The van der Waals surface area contributed by atoms with Crippen LogP contribution in [0.15, 0.2) is 42.5 Å². The Hall–Kier alpha value is -2.46. The summed E-state index contributed by atoms with van der Waals surface area (Å²) in [5.41, 5.74) is 0.449. The van der Waals surface area contributed by atoms with Gasteiger partial charge in [-0.15, -0.1) is 0 Å². The lowest BCUT2D eigenvalue weighted by Crippen LogP contribution is -2.73. The molecule has 10 heteroatoms. The largest absolute Gasteiger partial charge is 0.484 e. The molecular weight excluding hydrogens is 414 g/mol. The van der Waals surface area contributed by atoms with E-state index in [1.807, 2.05) is 6.07 Å². The fourth-order valence-electron chi connectivity index (χ4n) is 2.66. The highest BCUT2D eigenvalue weighted by atomic mass is 33.1. The van der Waals surface area contributed by atoms with Crippen molar-refractivity contribution in [3.63, 3.8) is 0 Å². The van der Waals surface area contributed by atoms with Gasteiger partial charge in [0.15, 0.2) is 12.6 Å². The van der Waals surface area contributed by atoms with Crippen LogP contribution in [-0.4, -0.2) is 58.9 Å². The second-order valence-corrected chi connectivity index (χ2v) is 8.82. The van der Waals surface area contributed by atoms with E-state index < -0.39 is 35.2 Å². The molecule has 1 saturated heterocycles. The summed E-state index contributed by atoms with van der Waals surface area (Å²) in [5, 5.41) is 10.0. The monoisotopic (exact) mass is 437 g/mol. The summed E-state index contributed by atoms with van der Waals surface area (Å²) in [6, 6.07) is 7.05. The van der Waals surface area contributed by atoms with E-state index in [1.165, 1.54) is 22.8 Å². The molecule has 3 unspecified atom stereocenters. The van der Waals surface area contributed by atoms with Gasteiger partial charge in [-0.25, -0.2) is 4.79 Å². The van der Waals surface area contributed by atoms with Crippen molar-refractivity contribution in [1.82, 2.24) is 10.2 Å². The minimum absolute atomic E-state index is 0.247. The Bertz CT molecular complexity index is 802. The molecule has 0 radical (unpaired) electrons. The first-order valence-electron chi connectivity index (χ1n) is 8.67. The third-order valence-electron chi connectivity index (χ3n) is 3.95. The van der Waals surface area contributed by atoms with Crippen molar-refractivity contribution >= 4 is 44.4 Å². The molecule has 0 saturated carbocycles. The van der Waals surface area contributed by atoms with Crippen molar-refractivity contribution in [3.8, 4) is 5.75 Å². The zero-order valence-corrected chi connectivity index (χ0v) is 18.0. The molecule has 1 aliphatic rings. The van der Waals surface area contributed by atoms with Crippen LogP contribution >= 0.6 is 21.6 Å². The maximum absolute atomic E-state index is 12.7. The standard InChI is InChI=1S/C19H23N3O5S2/c1-11(2)16(19(25)26-4)22-17(24)15(18(22)29-28-12(3)20)21-14(23)10-27-13-8-6-5-7-9-13/h5-9,15-16,18,20H,1,10H2,2-4H3,(H,21,23). The van der Waals surface area contributed by atoms with E-state index in [-0.39, 0.29) is 6.61 Å². The molecule has 0 bridgehead atoms. The molecule has 1 aromatic rings. The average molecular weight is 438 g/mol. The minimum Gasteiger partial charge on any atom is -0.484 e. The van der Waals surface area contributed by atoms with E-state index in [2.05, 4.69) is 11.9 Å². The highest BCUT2D eigenvalue weighted by molar-refractivity contribution is 8.82. The quantitative estimate of drug-likeness (QED) is 0.152. The predicted octanol–water partition coefficient (Wildman–Crippen LogP) is 2.21. The smallest absolute Gasteiger partial charge is 0.332 e. The van der Waals surface area contributed by atoms with Gasteiger partial charge in [-0.1, -0.05) is 35.6 Å². The second kappa shape index (κ2) is 10.4. The van der Waals surface area contributed by atoms with Crippen molar-refractivity contribution in [3.05, 3.63) is 42.5 Å². The summed E-state index contributed by atoms with van der Waals surface area (Å²) in [5.74, 6) is -0.945. The van der Waals surface area contributed by atoms with Crippen LogP contribution in [0.25, 0.3) is 0 Å². The van der Waals surface area contributed by atoms with Gasteiger partial charge < -0.3 is 19.7 Å². The Labute approximate surface area is 177 Å². The first-order chi connectivity index (χ1) is 13.8. The molecule has 29 heavy (non-hydrogen) atoms. The first-order valence-corrected chi connectivity index (χ1v) is 10.9. The highest BCUT2D eigenvalue weighted by Gasteiger charge is 2.54. The lowest BCUT2D eigenvalue weighted by Gasteiger charge is -2.49. The van der Waals surface area contributed by atoms with Gasteiger partial charge in [-0.2, -0.15) is 0 Å². The molecule has 2 N–H and O–H groups in total. The zero-order chi connectivity index (χ0) is 21.6. The molecule has 0 spiro atoms. The van der Waals surface area contributed by atoms with Gasteiger partial charge in [0.25, 0.3) is 5.91 Å². The number of hydrogen-bond acceptors (Lipinski definition) is 8. The average Bonchev–Trinajstić information content (AvgIpc) is 2.70. The molecule has 0 aliphatic carbocycles. The van der Waals surface area contributed by atoms with Gasteiger partial charge >= 0.3 is 5.97 Å². The predicted molar refractivity (Wildman–Crippen MR) is 114 cm³/mol. The number of benzene rings is 1. The number of β-lactam (4-membered cyclic amide) rings is 1. The molecule has 0 aromatic heterocycles. The van der Waals surface area contributed by atoms with Crippen LogP contribution in [0.4, 0.5) is 0 Å². The SMILES string of the molecule is C=C(C)C(C(=O)OC)N1C(=O)C(NC(=O)COc2ccccc2)C1SSC(C)=N. The number of amides is 2. The summed E-state index contributed by atoms with van der Waals surface area (Å²) >= 11 is 0. The van der Waals surface area contributed by atoms with Gasteiger partial charge in [0.2, 0.25) is 5.91 Å². The summed E-state index contributed by atoms with van der Waals surface area (Å²) in [6.07, 6.45) is 0. The molecule has 2 rings (SSSR count). The van der Waals surface area contributed by atoms with Crippen LogP contribution in [-0.2, 0) is 19.1 Å². The summed E-state index contributed by atoms with van der Waals surface area (Å²) < 4.78 is 10.2. The van der Waals surface area contributed by atoms with Gasteiger partial charge in [0.05, 0.1) is 12.2 Å². The molecule has 2 amide bonds. The Morgan fingerprint density at radius 1 is 1.31 bits per heavy atom. The van der Waals surface area contributed by atoms with E-state index in [4.69, 9.17) is 14.9 Å². The maximum atomic E-state index is 12.7. The summed E-state index contributed by atoms with van der Waals surface area (Å²) in [7, 11) is 3.60. The number of nitrogens with one attached hydrogen (secondary N) is 2. The topological polar surface area (TPSA) is 109 Å². The van der Waals surface area contributed by atoms with Crippen molar-refractivity contribution in [1.29, 1.82) is 5.41 Å². The molecule has 8 nitrogen and oxygen atoms in total. The highest BCUT2D eigenvalue weighted by Crippen LogP contribution is 2.40. The van der Waals surface area contributed by atoms with Crippen LogP contribution in [0.2, 0.25) is 0 Å². The number of carbonyl (C=O) groups excluding carboxylic acids is 3. The van der Waals surface area contributed by atoms with Crippen LogP contribution in [0.3, 0.4) is 0 Å². The summed E-state index contributed by atoms with van der Waals surface area (Å²) in [4.78, 5) is 38.5. The number of likely N-dealkylation sites (tertiary alicyclic amines) is 1. The molecule has 1 fully saturated rings.